The van der Waals surface area contributed by atoms with Crippen LogP contribution < -0.4 is 0 Å². The summed E-state index contributed by atoms with van der Waals surface area (Å²) >= 11 is 5.24. The van der Waals surface area contributed by atoms with Gasteiger partial charge in [0, 0.05) is 11.1 Å². The number of esters is 1. The molecule has 0 unspecified atom stereocenters. The first kappa shape index (κ1) is 9.24. The van der Waals surface area contributed by atoms with Crippen LogP contribution in [0.1, 0.15) is 6.92 Å². The first-order valence-electron chi connectivity index (χ1n) is 2.77. The van der Waals surface area contributed by atoms with Gasteiger partial charge in [-0.3, -0.25) is 0 Å². The summed E-state index contributed by atoms with van der Waals surface area (Å²) in [5.41, 5.74) is 1.58. The monoisotopic (exact) mass is 160 g/mol. The van der Waals surface area contributed by atoms with Crippen LogP contribution in [0, 0.1) is 0 Å². The van der Waals surface area contributed by atoms with Gasteiger partial charge in [0.15, 0.2) is 0 Å². The molecule has 0 aromatic carbocycles. The number of hydrogen-bond donors (Lipinski definition) is 0. The Bertz CT molecular complexity index is 161. The lowest BCUT2D eigenvalue weighted by molar-refractivity contribution is -0.137. The van der Waals surface area contributed by atoms with Gasteiger partial charge in [0.25, 0.3) is 0 Å². The van der Waals surface area contributed by atoms with Crippen molar-refractivity contribution < 1.29 is 9.53 Å². The number of carbonyl (C=O) groups is 1. The molecule has 0 saturated carbocycles. The first-order valence-corrected chi connectivity index (χ1v) is 3.21. The van der Waals surface area contributed by atoms with E-state index >= 15 is 0 Å². The number of rotatable bonds is 3. The Hall–Kier alpha value is -0.760. The zero-order valence-corrected chi connectivity index (χ0v) is 6.52. The van der Waals surface area contributed by atoms with E-state index in [0.29, 0.717) is 5.57 Å². The Morgan fingerprint density at radius 3 is 2.80 bits per heavy atom. The van der Waals surface area contributed by atoms with E-state index in [1.54, 1.807) is 6.92 Å². The maximum absolute atomic E-state index is 10.7. The molecule has 56 valence electrons. The van der Waals surface area contributed by atoms with Crippen LogP contribution in [0.2, 0.25) is 0 Å². The Morgan fingerprint density at radius 2 is 2.40 bits per heavy atom. The van der Waals surface area contributed by atoms with Gasteiger partial charge in [-0.15, -0.1) is 0 Å². The topological polar surface area (TPSA) is 26.3 Å². The minimum Gasteiger partial charge on any atom is -0.458 e. The largest absolute Gasteiger partial charge is 0.458 e. The highest BCUT2D eigenvalue weighted by Crippen LogP contribution is 1.97. The van der Waals surface area contributed by atoms with Crippen LogP contribution >= 0.6 is 11.6 Å². The van der Waals surface area contributed by atoms with Crippen molar-refractivity contribution in [3.05, 3.63) is 23.8 Å². The second kappa shape index (κ2) is 5.06. The summed E-state index contributed by atoms with van der Waals surface area (Å²) in [5, 5.41) is 0. The molecule has 0 aromatic rings. The van der Waals surface area contributed by atoms with Crippen molar-refractivity contribution >= 4 is 17.6 Å². The fourth-order valence-corrected chi connectivity index (χ4v) is 0.382. The van der Waals surface area contributed by atoms with E-state index in [-0.39, 0.29) is 6.61 Å². The molecule has 0 bridgehead atoms. The van der Waals surface area contributed by atoms with Crippen molar-refractivity contribution in [1.82, 2.24) is 0 Å². The Morgan fingerprint density at radius 1 is 1.80 bits per heavy atom. The Labute approximate surface area is 65.1 Å². The predicted octanol–water partition coefficient (Wildman–Crippen LogP) is 1.86. The molecule has 0 heterocycles. The molecule has 0 spiro atoms. The van der Waals surface area contributed by atoms with Crippen LogP contribution in [0.4, 0.5) is 0 Å². The summed E-state index contributed by atoms with van der Waals surface area (Å²) in [6.07, 6.45) is 1.50. The molecule has 0 amide bonds. The van der Waals surface area contributed by atoms with E-state index in [2.05, 4.69) is 11.3 Å². The minimum absolute atomic E-state index is 0.223. The molecular weight excluding hydrogens is 152 g/mol. The average molecular weight is 161 g/mol. The van der Waals surface area contributed by atoms with Gasteiger partial charge in [-0.05, 0) is 6.92 Å². The molecule has 0 aliphatic rings. The third-order valence-electron chi connectivity index (χ3n) is 0.818. The molecule has 0 N–H and O–H groups in total. The number of hydrogen-bond acceptors (Lipinski definition) is 2. The summed E-state index contributed by atoms with van der Waals surface area (Å²) in [4.78, 5) is 10.7. The lowest BCUT2D eigenvalue weighted by atomic mass is 10.4. The molecule has 2 nitrogen and oxygen atoms in total. The SMILES string of the molecule is C=CCOC(=O)C(C)=CCl. The molecule has 0 aromatic heterocycles. The van der Waals surface area contributed by atoms with Crippen LogP contribution in [0.25, 0.3) is 0 Å². The van der Waals surface area contributed by atoms with Crippen molar-refractivity contribution in [3.63, 3.8) is 0 Å². The van der Waals surface area contributed by atoms with Crippen molar-refractivity contribution in [1.29, 1.82) is 0 Å². The molecule has 0 aliphatic carbocycles. The molecular formula is C7H9ClO2. The summed E-state index contributed by atoms with van der Waals surface area (Å²) in [5.74, 6) is -0.407. The van der Waals surface area contributed by atoms with Gasteiger partial charge < -0.3 is 4.74 Å². The van der Waals surface area contributed by atoms with Crippen LogP contribution in [0.3, 0.4) is 0 Å². The van der Waals surface area contributed by atoms with Crippen LogP contribution in [0.5, 0.6) is 0 Å². The number of ether oxygens (including phenoxy) is 1. The molecule has 0 atom stereocenters. The molecule has 0 fully saturated rings. The van der Waals surface area contributed by atoms with Gasteiger partial charge in [0.1, 0.15) is 6.61 Å². The van der Waals surface area contributed by atoms with Gasteiger partial charge in [-0.2, -0.15) is 0 Å². The zero-order chi connectivity index (χ0) is 7.98. The van der Waals surface area contributed by atoms with Crippen LogP contribution in [0.15, 0.2) is 23.8 Å². The molecule has 0 radical (unpaired) electrons. The minimum atomic E-state index is -0.407. The summed E-state index contributed by atoms with van der Waals surface area (Å²) < 4.78 is 4.63. The number of halogens is 1. The second-order valence-corrected chi connectivity index (χ2v) is 1.90. The molecule has 0 saturated heterocycles. The summed E-state index contributed by atoms with van der Waals surface area (Å²) in [6, 6.07) is 0. The van der Waals surface area contributed by atoms with E-state index in [4.69, 9.17) is 11.6 Å². The smallest absolute Gasteiger partial charge is 0.334 e. The standard InChI is InChI=1S/C7H9ClO2/c1-3-4-10-7(9)6(2)5-8/h3,5H,1,4H2,2H3. The highest BCUT2D eigenvalue weighted by atomic mass is 35.5. The van der Waals surface area contributed by atoms with Gasteiger partial charge in [0.2, 0.25) is 0 Å². The van der Waals surface area contributed by atoms with E-state index in [1.165, 1.54) is 11.6 Å². The van der Waals surface area contributed by atoms with Crippen LogP contribution in [-0.4, -0.2) is 12.6 Å². The first-order chi connectivity index (χ1) is 4.72. The third kappa shape index (κ3) is 3.30. The normalized spacial score (nSPS) is 10.8. The van der Waals surface area contributed by atoms with E-state index in [0.717, 1.165) is 0 Å². The van der Waals surface area contributed by atoms with Gasteiger partial charge in [-0.25, -0.2) is 4.79 Å². The fraction of sp³-hybridized carbons (Fsp3) is 0.286. The van der Waals surface area contributed by atoms with E-state index in [9.17, 15) is 4.79 Å². The van der Waals surface area contributed by atoms with Gasteiger partial charge >= 0.3 is 5.97 Å². The van der Waals surface area contributed by atoms with Crippen molar-refractivity contribution in [3.8, 4) is 0 Å². The molecule has 0 aliphatic heterocycles. The van der Waals surface area contributed by atoms with Crippen molar-refractivity contribution in [2.24, 2.45) is 0 Å². The highest BCUT2D eigenvalue weighted by molar-refractivity contribution is 6.27. The molecule has 10 heavy (non-hydrogen) atoms. The lowest BCUT2D eigenvalue weighted by Gasteiger charge is -1.98. The Kier molecular flexibility index (Phi) is 4.67. The Balaban J connectivity index is 3.74. The lowest BCUT2D eigenvalue weighted by Crippen LogP contribution is -2.04. The molecule has 3 heteroatoms. The van der Waals surface area contributed by atoms with Crippen molar-refractivity contribution in [2.75, 3.05) is 6.61 Å². The third-order valence-corrected chi connectivity index (χ3v) is 1.15. The maximum Gasteiger partial charge on any atom is 0.334 e. The van der Waals surface area contributed by atoms with Crippen molar-refractivity contribution in [2.45, 2.75) is 6.92 Å². The summed E-state index contributed by atoms with van der Waals surface area (Å²) in [7, 11) is 0. The highest BCUT2D eigenvalue weighted by Gasteiger charge is 2.01. The summed E-state index contributed by atoms with van der Waals surface area (Å²) in [6.45, 7) is 5.19. The van der Waals surface area contributed by atoms with E-state index in [1.807, 2.05) is 0 Å². The average Bonchev–Trinajstić information content (AvgIpc) is 1.98. The van der Waals surface area contributed by atoms with Gasteiger partial charge in [-0.1, -0.05) is 24.3 Å². The van der Waals surface area contributed by atoms with Gasteiger partial charge in [0.05, 0.1) is 0 Å². The van der Waals surface area contributed by atoms with E-state index < -0.39 is 5.97 Å². The van der Waals surface area contributed by atoms with Crippen LogP contribution in [-0.2, 0) is 9.53 Å². The second-order valence-electron chi connectivity index (χ2n) is 1.68. The maximum atomic E-state index is 10.7. The predicted molar refractivity (Wildman–Crippen MR) is 40.8 cm³/mol. The quantitative estimate of drug-likeness (QED) is 0.358. The molecule has 0 rings (SSSR count). The zero-order valence-electron chi connectivity index (χ0n) is 5.76. The fourth-order valence-electron chi connectivity index (χ4n) is 0.293. The number of carbonyl (C=O) groups excluding carboxylic acids is 1.